The van der Waals surface area contributed by atoms with Gasteiger partial charge >= 0.3 is 5.97 Å². The predicted octanol–water partition coefficient (Wildman–Crippen LogP) is 9.32. The Morgan fingerprint density at radius 2 is 1.27 bits per heavy atom. The number of amides is 2. The van der Waals surface area contributed by atoms with Crippen LogP contribution >= 0.6 is 0 Å². The molecule has 1 aliphatic carbocycles. The van der Waals surface area contributed by atoms with E-state index in [4.69, 9.17) is 14.2 Å². The number of esters is 1. The first-order valence-electron chi connectivity index (χ1n) is 20.1. The van der Waals surface area contributed by atoms with Crippen LogP contribution in [-0.4, -0.2) is 55.0 Å². The Hall–Kier alpha value is -1.67. The molecule has 1 saturated heterocycles. The van der Waals surface area contributed by atoms with E-state index in [9.17, 15) is 14.4 Å². The van der Waals surface area contributed by atoms with Crippen LogP contribution in [0.1, 0.15) is 189 Å². The Morgan fingerprint density at radius 1 is 0.750 bits per heavy atom. The van der Waals surface area contributed by atoms with Crippen molar-refractivity contribution < 1.29 is 28.6 Å². The number of ether oxygens (including phenoxy) is 3. The lowest BCUT2D eigenvalue weighted by atomic mass is 9.85. The minimum Gasteiger partial charge on any atom is -0.460 e. The SMILES string of the molecule is CCCCCCCCCCC(CCCCCCCCCC)C(=O)NC1CCCCC1OC(=O)CCNC(=O)C1OC(C)(C)OCC1(C)C. The van der Waals surface area contributed by atoms with Crippen LogP contribution < -0.4 is 10.6 Å². The molecule has 3 atom stereocenters. The van der Waals surface area contributed by atoms with Crippen LogP contribution in [0.25, 0.3) is 0 Å². The third-order valence-electron chi connectivity index (χ3n) is 10.3. The van der Waals surface area contributed by atoms with Gasteiger partial charge in [-0.25, -0.2) is 0 Å². The van der Waals surface area contributed by atoms with E-state index in [0.717, 1.165) is 51.4 Å². The van der Waals surface area contributed by atoms with Gasteiger partial charge in [-0.1, -0.05) is 137 Å². The molecule has 0 radical (unpaired) electrons. The van der Waals surface area contributed by atoms with E-state index in [1.54, 1.807) is 13.8 Å². The van der Waals surface area contributed by atoms with Gasteiger partial charge in [0.15, 0.2) is 5.79 Å². The van der Waals surface area contributed by atoms with Crippen molar-refractivity contribution in [1.29, 1.82) is 0 Å². The summed E-state index contributed by atoms with van der Waals surface area (Å²) in [6.07, 6.45) is 24.8. The number of hydrogen-bond acceptors (Lipinski definition) is 6. The van der Waals surface area contributed by atoms with Crippen LogP contribution in [-0.2, 0) is 28.6 Å². The van der Waals surface area contributed by atoms with Crippen LogP contribution in [0.15, 0.2) is 0 Å². The number of carbonyl (C=O) groups is 3. The molecule has 2 aliphatic rings. The molecule has 0 spiro atoms. The van der Waals surface area contributed by atoms with Crippen molar-refractivity contribution in [3.8, 4) is 0 Å². The average Bonchev–Trinajstić information content (AvgIpc) is 3.04. The molecular formula is C40H74N2O6. The first-order chi connectivity index (χ1) is 23.0. The molecule has 2 amide bonds. The third-order valence-corrected chi connectivity index (χ3v) is 10.3. The fourth-order valence-corrected chi connectivity index (χ4v) is 7.09. The smallest absolute Gasteiger partial charge is 0.307 e. The van der Waals surface area contributed by atoms with E-state index in [1.165, 1.54) is 89.9 Å². The standard InChI is InChI=1S/C40H74N2O6/c1-7-9-11-13-15-17-19-21-25-32(26-22-20-18-16-14-12-10-8-2)37(44)42-33-27-23-24-28-34(33)47-35(43)29-30-41-38(45)36-39(3,4)31-46-40(5,6)48-36/h32-34,36H,7-31H2,1-6H3,(H,41,45)(H,42,44). The second kappa shape index (κ2) is 23.7. The zero-order chi connectivity index (χ0) is 35.3. The van der Waals surface area contributed by atoms with Crippen molar-refractivity contribution in [3.05, 3.63) is 0 Å². The highest BCUT2D eigenvalue weighted by Crippen LogP contribution is 2.35. The van der Waals surface area contributed by atoms with Crippen molar-refractivity contribution >= 4 is 17.8 Å². The summed E-state index contributed by atoms with van der Waals surface area (Å²) in [6.45, 7) is 12.6. The molecule has 2 fully saturated rings. The monoisotopic (exact) mass is 679 g/mol. The fraction of sp³-hybridized carbons (Fsp3) is 0.925. The second-order valence-corrected chi connectivity index (χ2v) is 15.9. The summed E-state index contributed by atoms with van der Waals surface area (Å²) in [6, 6.07) is -0.150. The number of rotatable bonds is 25. The molecule has 0 aromatic rings. The molecule has 280 valence electrons. The van der Waals surface area contributed by atoms with Gasteiger partial charge in [-0.05, 0) is 46.0 Å². The highest BCUT2D eigenvalue weighted by molar-refractivity contribution is 5.82. The van der Waals surface area contributed by atoms with Gasteiger partial charge in [-0.15, -0.1) is 0 Å². The van der Waals surface area contributed by atoms with E-state index < -0.39 is 17.3 Å². The lowest BCUT2D eigenvalue weighted by Gasteiger charge is -2.44. The van der Waals surface area contributed by atoms with E-state index in [1.807, 2.05) is 13.8 Å². The Labute approximate surface area is 294 Å². The third kappa shape index (κ3) is 17.3. The molecule has 8 nitrogen and oxygen atoms in total. The summed E-state index contributed by atoms with van der Waals surface area (Å²) >= 11 is 0. The van der Waals surface area contributed by atoms with Crippen LogP contribution in [0.4, 0.5) is 0 Å². The number of unbranched alkanes of at least 4 members (excludes halogenated alkanes) is 14. The van der Waals surface area contributed by atoms with Crippen molar-refractivity contribution in [2.75, 3.05) is 13.2 Å². The molecular weight excluding hydrogens is 604 g/mol. The molecule has 2 rings (SSSR count). The second-order valence-electron chi connectivity index (χ2n) is 15.9. The van der Waals surface area contributed by atoms with Gasteiger partial charge < -0.3 is 24.8 Å². The Kier molecular flexibility index (Phi) is 21.0. The highest BCUT2D eigenvalue weighted by Gasteiger charge is 2.45. The summed E-state index contributed by atoms with van der Waals surface area (Å²) in [4.78, 5) is 39.5. The molecule has 2 N–H and O–H groups in total. The zero-order valence-electron chi connectivity index (χ0n) is 31.9. The minimum atomic E-state index is -0.836. The van der Waals surface area contributed by atoms with Crippen molar-refractivity contribution in [2.45, 2.75) is 213 Å². The van der Waals surface area contributed by atoms with Crippen LogP contribution in [0.5, 0.6) is 0 Å². The van der Waals surface area contributed by atoms with E-state index in [2.05, 4.69) is 24.5 Å². The molecule has 8 heteroatoms. The lowest BCUT2D eigenvalue weighted by molar-refractivity contribution is -0.304. The number of hydrogen-bond donors (Lipinski definition) is 2. The van der Waals surface area contributed by atoms with Crippen molar-refractivity contribution in [2.24, 2.45) is 11.3 Å². The van der Waals surface area contributed by atoms with Crippen LogP contribution in [0.2, 0.25) is 0 Å². The average molecular weight is 679 g/mol. The predicted molar refractivity (Wildman–Crippen MR) is 195 cm³/mol. The lowest BCUT2D eigenvalue weighted by Crippen LogP contribution is -2.56. The largest absolute Gasteiger partial charge is 0.460 e. The highest BCUT2D eigenvalue weighted by atomic mass is 16.7. The minimum absolute atomic E-state index is 0.0281. The van der Waals surface area contributed by atoms with Gasteiger partial charge in [0.1, 0.15) is 12.2 Å². The first-order valence-corrected chi connectivity index (χ1v) is 20.1. The number of nitrogens with one attached hydrogen (secondary N) is 2. The molecule has 1 saturated carbocycles. The molecule has 0 bridgehead atoms. The maximum absolute atomic E-state index is 13.7. The van der Waals surface area contributed by atoms with Gasteiger partial charge in [0.25, 0.3) is 0 Å². The molecule has 1 aliphatic heterocycles. The van der Waals surface area contributed by atoms with Gasteiger partial charge in [0, 0.05) is 17.9 Å². The molecule has 0 aromatic heterocycles. The maximum Gasteiger partial charge on any atom is 0.307 e. The molecule has 0 aromatic carbocycles. The van der Waals surface area contributed by atoms with E-state index >= 15 is 0 Å². The van der Waals surface area contributed by atoms with Crippen LogP contribution in [0, 0.1) is 11.3 Å². The van der Waals surface area contributed by atoms with Crippen molar-refractivity contribution in [3.63, 3.8) is 0 Å². The fourth-order valence-electron chi connectivity index (χ4n) is 7.09. The summed E-state index contributed by atoms with van der Waals surface area (Å²) in [5.74, 6) is -1.25. The summed E-state index contributed by atoms with van der Waals surface area (Å²) in [5, 5.41) is 6.21. The van der Waals surface area contributed by atoms with E-state index in [-0.39, 0.29) is 48.8 Å². The van der Waals surface area contributed by atoms with Crippen molar-refractivity contribution in [1.82, 2.24) is 10.6 Å². The normalized spacial score (nSPS) is 21.9. The first kappa shape index (κ1) is 42.5. The van der Waals surface area contributed by atoms with Gasteiger partial charge in [0.2, 0.25) is 11.8 Å². The topological polar surface area (TPSA) is 103 Å². The summed E-state index contributed by atoms with van der Waals surface area (Å²) in [7, 11) is 0. The van der Waals surface area contributed by atoms with E-state index in [0.29, 0.717) is 6.61 Å². The quantitative estimate of drug-likeness (QED) is 0.0737. The molecule has 1 heterocycles. The van der Waals surface area contributed by atoms with Gasteiger partial charge in [0.05, 0.1) is 19.1 Å². The Bertz CT molecular complexity index is 886. The molecule has 48 heavy (non-hydrogen) atoms. The van der Waals surface area contributed by atoms with Gasteiger partial charge in [-0.2, -0.15) is 0 Å². The summed E-state index contributed by atoms with van der Waals surface area (Å²) in [5.41, 5.74) is -0.478. The molecule has 3 unspecified atom stereocenters. The van der Waals surface area contributed by atoms with Crippen LogP contribution in [0.3, 0.4) is 0 Å². The zero-order valence-corrected chi connectivity index (χ0v) is 31.9. The summed E-state index contributed by atoms with van der Waals surface area (Å²) < 4.78 is 17.6. The Morgan fingerprint density at radius 3 is 1.83 bits per heavy atom. The number of carbonyl (C=O) groups excluding carboxylic acids is 3. The Balaban J connectivity index is 1.83. The van der Waals surface area contributed by atoms with Gasteiger partial charge in [-0.3, -0.25) is 14.4 Å². The maximum atomic E-state index is 13.7.